The van der Waals surface area contributed by atoms with Crippen LogP contribution in [0.25, 0.3) is 0 Å². The van der Waals surface area contributed by atoms with Gasteiger partial charge < -0.3 is 31.7 Å². The van der Waals surface area contributed by atoms with Crippen molar-refractivity contribution in [2.75, 3.05) is 0 Å². The quantitative estimate of drug-likeness (QED) is 0.270. The Labute approximate surface area is 139 Å². The highest BCUT2D eigenvalue weighted by Crippen LogP contribution is 2.04. The molecular weight excluding hydrogens is 322 g/mol. The number of carboxylic acids is 2. The van der Waals surface area contributed by atoms with Crippen molar-refractivity contribution in [1.29, 1.82) is 0 Å². The van der Waals surface area contributed by atoms with Crippen molar-refractivity contribution < 1.29 is 34.5 Å². The van der Waals surface area contributed by atoms with E-state index in [4.69, 9.17) is 15.9 Å². The first kappa shape index (κ1) is 21.8. The van der Waals surface area contributed by atoms with Crippen molar-refractivity contribution >= 4 is 23.8 Å². The number of amides is 2. The van der Waals surface area contributed by atoms with Gasteiger partial charge in [-0.05, 0) is 19.3 Å². The Balaban J connectivity index is 5.10. The van der Waals surface area contributed by atoms with Crippen LogP contribution in [-0.2, 0) is 19.2 Å². The summed E-state index contributed by atoms with van der Waals surface area (Å²) in [5.41, 5.74) is 5.67. The van der Waals surface area contributed by atoms with Crippen LogP contribution in [0.15, 0.2) is 0 Å². The van der Waals surface area contributed by atoms with Crippen LogP contribution in [0.1, 0.15) is 33.6 Å². The molecule has 10 heteroatoms. The zero-order chi connectivity index (χ0) is 19.0. The summed E-state index contributed by atoms with van der Waals surface area (Å²) < 4.78 is 0. The molecule has 2 amide bonds. The van der Waals surface area contributed by atoms with Gasteiger partial charge in [-0.2, -0.15) is 0 Å². The number of rotatable bonds is 10. The lowest BCUT2D eigenvalue weighted by molar-refractivity contribution is -0.145. The molecule has 4 atom stereocenters. The number of carbonyl (C=O) groups excluding carboxylic acids is 2. The predicted octanol–water partition coefficient (Wildman–Crippen LogP) is -1.73. The molecule has 0 aromatic carbocycles. The number of carboxylic acid groups (broad SMARTS) is 2. The third-order valence-corrected chi connectivity index (χ3v) is 3.35. The second-order valence-electron chi connectivity index (χ2n) is 5.83. The highest BCUT2D eigenvalue weighted by Gasteiger charge is 2.30. The van der Waals surface area contributed by atoms with Crippen molar-refractivity contribution in [1.82, 2.24) is 10.6 Å². The first-order valence-corrected chi connectivity index (χ1v) is 7.46. The van der Waals surface area contributed by atoms with E-state index in [2.05, 4.69) is 10.6 Å². The number of aliphatic hydroxyl groups excluding tert-OH is 1. The van der Waals surface area contributed by atoms with E-state index in [1.54, 1.807) is 13.8 Å². The molecule has 0 saturated carbocycles. The van der Waals surface area contributed by atoms with Gasteiger partial charge in [-0.25, -0.2) is 4.79 Å². The predicted molar refractivity (Wildman–Crippen MR) is 82.9 cm³/mol. The number of nitrogens with two attached hydrogens (primary N) is 1. The molecule has 0 saturated heterocycles. The van der Waals surface area contributed by atoms with Crippen LogP contribution >= 0.6 is 0 Å². The van der Waals surface area contributed by atoms with Crippen LogP contribution in [0.3, 0.4) is 0 Å². The van der Waals surface area contributed by atoms with Gasteiger partial charge in [0.2, 0.25) is 11.8 Å². The highest BCUT2D eigenvalue weighted by molar-refractivity contribution is 5.92. The summed E-state index contributed by atoms with van der Waals surface area (Å²) in [5, 5.41) is 31.5. The molecule has 0 aliphatic rings. The van der Waals surface area contributed by atoms with Crippen LogP contribution in [0.5, 0.6) is 0 Å². The largest absolute Gasteiger partial charge is 0.481 e. The van der Waals surface area contributed by atoms with Gasteiger partial charge in [-0.1, -0.05) is 13.8 Å². The molecule has 0 radical (unpaired) electrons. The fourth-order valence-electron chi connectivity index (χ4n) is 1.75. The van der Waals surface area contributed by atoms with Gasteiger partial charge in [0.05, 0.1) is 12.1 Å². The van der Waals surface area contributed by atoms with Crippen molar-refractivity contribution in [3.05, 3.63) is 0 Å². The molecule has 0 aromatic heterocycles. The molecule has 10 nitrogen and oxygen atoms in total. The zero-order valence-corrected chi connectivity index (χ0v) is 13.9. The maximum absolute atomic E-state index is 12.2. The summed E-state index contributed by atoms with van der Waals surface area (Å²) in [6.07, 6.45) is -2.04. The smallest absolute Gasteiger partial charge is 0.328 e. The molecule has 0 spiro atoms. The molecule has 0 unspecified atom stereocenters. The van der Waals surface area contributed by atoms with E-state index in [0.717, 1.165) is 0 Å². The minimum atomic E-state index is -1.58. The first-order chi connectivity index (χ1) is 11.0. The fourth-order valence-corrected chi connectivity index (χ4v) is 1.75. The Kier molecular flexibility index (Phi) is 8.93. The second kappa shape index (κ2) is 9.83. The molecule has 24 heavy (non-hydrogen) atoms. The Bertz CT molecular complexity index is 479. The van der Waals surface area contributed by atoms with Gasteiger partial charge >= 0.3 is 11.9 Å². The lowest BCUT2D eigenvalue weighted by Crippen LogP contribution is -2.57. The highest BCUT2D eigenvalue weighted by atomic mass is 16.4. The average Bonchev–Trinajstić information content (AvgIpc) is 2.46. The molecule has 0 fully saturated rings. The average molecular weight is 347 g/mol. The van der Waals surface area contributed by atoms with Crippen LogP contribution in [-0.4, -0.2) is 63.3 Å². The monoisotopic (exact) mass is 347 g/mol. The van der Waals surface area contributed by atoms with Gasteiger partial charge in [0.1, 0.15) is 6.04 Å². The van der Waals surface area contributed by atoms with Crippen molar-refractivity contribution in [3.63, 3.8) is 0 Å². The van der Waals surface area contributed by atoms with Crippen LogP contribution in [0, 0.1) is 5.92 Å². The number of hydrogen-bond acceptors (Lipinski definition) is 6. The van der Waals surface area contributed by atoms with E-state index in [9.17, 15) is 24.3 Å². The van der Waals surface area contributed by atoms with Crippen LogP contribution in [0.2, 0.25) is 0 Å². The number of nitrogens with one attached hydrogen (secondary N) is 2. The third kappa shape index (κ3) is 7.38. The summed E-state index contributed by atoms with van der Waals surface area (Å²) >= 11 is 0. The SMILES string of the molecule is CC(C)[C@H](N)C(=O)N[C@@H](CCC(=O)O)C(=O)N[C@H](C(=O)O)[C@@H](C)O. The van der Waals surface area contributed by atoms with E-state index in [1.165, 1.54) is 6.92 Å². The van der Waals surface area contributed by atoms with Gasteiger partial charge in [-0.3, -0.25) is 14.4 Å². The maximum atomic E-state index is 12.2. The Hall–Kier alpha value is -2.20. The van der Waals surface area contributed by atoms with Gasteiger partial charge in [0.15, 0.2) is 6.04 Å². The van der Waals surface area contributed by atoms with Crippen LogP contribution < -0.4 is 16.4 Å². The van der Waals surface area contributed by atoms with Gasteiger partial charge in [0, 0.05) is 6.42 Å². The number of aliphatic hydroxyl groups is 1. The van der Waals surface area contributed by atoms with Crippen molar-refractivity contribution in [3.8, 4) is 0 Å². The summed E-state index contributed by atoms with van der Waals surface area (Å²) in [6, 6.07) is -3.77. The molecule has 0 rings (SSSR count). The van der Waals surface area contributed by atoms with E-state index >= 15 is 0 Å². The summed E-state index contributed by atoms with van der Waals surface area (Å²) in [4.78, 5) is 45.8. The standard InChI is InChI=1S/C14H25N3O7/c1-6(2)10(15)13(22)16-8(4-5-9(19)20)12(21)17-11(7(3)18)14(23)24/h6-8,10-11,18H,4-5,15H2,1-3H3,(H,16,22)(H,17,21)(H,19,20)(H,23,24)/t7-,8+,10+,11+/m1/s1. The lowest BCUT2D eigenvalue weighted by atomic mass is 10.0. The minimum absolute atomic E-state index is 0.211. The normalized spacial score (nSPS) is 15.9. The Morgan fingerprint density at radius 2 is 1.54 bits per heavy atom. The van der Waals surface area contributed by atoms with E-state index in [0.29, 0.717) is 0 Å². The maximum Gasteiger partial charge on any atom is 0.328 e. The topological polar surface area (TPSA) is 179 Å². The molecule has 0 aliphatic carbocycles. The summed E-state index contributed by atoms with van der Waals surface area (Å²) in [5.74, 6) is -4.41. The Morgan fingerprint density at radius 3 is 1.92 bits per heavy atom. The third-order valence-electron chi connectivity index (χ3n) is 3.35. The number of aliphatic carboxylic acids is 2. The Morgan fingerprint density at radius 1 is 1.00 bits per heavy atom. The molecule has 0 aliphatic heterocycles. The first-order valence-electron chi connectivity index (χ1n) is 7.46. The second-order valence-corrected chi connectivity index (χ2v) is 5.83. The molecule has 0 heterocycles. The number of hydrogen-bond donors (Lipinski definition) is 6. The zero-order valence-electron chi connectivity index (χ0n) is 13.9. The van der Waals surface area contributed by atoms with E-state index < -0.39 is 54.4 Å². The molecule has 138 valence electrons. The van der Waals surface area contributed by atoms with Gasteiger partial charge in [0.25, 0.3) is 0 Å². The van der Waals surface area contributed by atoms with Gasteiger partial charge in [-0.15, -0.1) is 0 Å². The fraction of sp³-hybridized carbons (Fsp3) is 0.714. The van der Waals surface area contributed by atoms with Crippen molar-refractivity contribution in [2.24, 2.45) is 11.7 Å². The van der Waals surface area contributed by atoms with E-state index in [-0.39, 0.29) is 12.3 Å². The van der Waals surface area contributed by atoms with E-state index in [1.807, 2.05) is 0 Å². The van der Waals surface area contributed by atoms with Crippen LogP contribution in [0.4, 0.5) is 0 Å². The summed E-state index contributed by atoms with van der Waals surface area (Å²) in [6.45, 7) is 4.58. The number of carbonyl (C=O) groups is 4. The lowest BCUT2D eigenvalue weighted by Gasteiger charge is -2.24. The molecule has 7 N–H and O–H groups in total. The minimum Gasteiger partial charge on any atom is -0.481 e. The molecular formula is C14H25N3O7. The summed E-state index contributed by atoms with van der Waals surface area (Å²) in [7, 11) is 0. The molecule has 0 aromatic rings. The molecule has 0 bridgehead atoms. The van der Waals surface area contributed by atoms with Crippen molar-refractivity contribution in [2.45, 2.75) is 57.8 Å².